The first-order chi connectivity index (χ1) is 14.0. The van der Waals surface area contributed by atoms with E-state index in [0.717, 1.165) is 11.2 Å². The number of carbonyl (C=O) groups is 3. The molecule has 2 aliphatic heterocycles. The van der Waals surface area contributed by atoms with Crippen LogP contribution in [0.15, 0.2) is 28.9 Å². The topological polar surface area (TPSA) is 172 Å². The summed E-state index contributed by atoms with van der Waals surface area (Å²) in [6.07, 6.45) is 3.76. The van der Waals surface area contributed by atoms with E-state index in [0.29, 0.717) is 6.54 Å². The lowest BCUT2D eigenvalue weighted by atomic mass is 9.95. The van der Waals surface area contributed by atoms with Crippen molar-refractivity contribution in [1.29, 1.82) is 0 Å². The first-order valence-electron chi connectivity index (χ1n) is 8.98. The first kappa shape index (κ1) is 21.4. The lowest BCUT2D eigenvalue weighted by Gasteiger charge is -2.37. The van der Waals surface area contributed by atoms with Gasteiger partial charge in [0, 0.05) is 18.3 Å². The number of rotatable bonds is 6. The quantitative estimate of drug-likeness (QED) is 0.168. The summed E-state index contributed by atoms with van der Waals surface area (Å²) in [6.45, 7) is 3.17. The number of nitrogens with one attached hydrogen (secondary N) is 1. The average molecular weight is 435 g/mol. The molecule has 0 spiro atoms. The van der Waals surface area contributed by atoms with Crippen molar-refractivity contribution in [3.8, 4) is 0 Å². The van der Waals surface area contributed by atoms with E-state index < -0.39 is 43.8 Å². The molecule has 0 saturated carbocycles. The number of aliphatic imine (C=N–C) groups is 1. The number of carboxylic acid groups (broad SMARTS) is 1. The van der Waals surface area contributed by atoms with Gasteiger partial charge in [-0.15, -0.1) is 0 Å². The molecule has 12 heteroatoms. The van der Waals surface area contributed by atoms with Gasteiger partial charge in [-0.25, -0.2) is 13.2 Å². The summed E-state index contributed by atoms with van der Waals surface area (Å²) in [5.41, 5.74) is 5.52. The van der Waals surface area contributed by atoms with E-state index in [1.165, 1.54) is 38.3 Å². The highest BCUT2D eigenvalue weighted by Crippen LogP contribution is 2.48. The Hall–Kier alpha value is -3.28. The number of carbonyl (C=O) groups excluding carboxylic acids is 2. The molecule has 0 bridgehead atoms. The highest BCUT2D eigenvalue weighted by atomic mass is 32.2. The number of sulfone groups is 1. The van der Waals surface area contributed by atoms with Crippen molar-refractivity contribution in [1.82, 2.24) is 15.2 Å². The first-order valence-corrected chi connectivity index (χ1v) is 10.5. The molecule has 4 N–H and O–H groups in total. The molecule has 3 heterocycles. The van der Waals surface area contributed by atoms with Crippen LogP contribution in [0.5, 0.6) is 0 Å². The molecule has 0 aliphatic carbocycles. The Kier molecular flexibility index (Phi) is 5.37. The van der Waals surface area contributed by atoms with Crippen LogP contribution in [0.2, 0.25) is 0 Å². The fourth-order valence-corrected chi connectivity index (χ4v) is 5.70. The van der Waals surface area contributed by atoms with Gasteiger partial charge in [0.05, 0.1) is 24.2 Å². The second kappa shape index (κ2) is 7.52. The molecule has 2 atom stereocenters. The van der Waals surface area contributed by atoms with Crippen LogP contribution in [0.25, 0.3) is 6.08 Å². The van der Waals surface area contributed by atoms with Crippen LogP contribution in [0.3, 0.4) is 0 Å². The van der Waals surface area contributed by atoms with Crippen molar-refractivity contribution < 1.29 is 27.9 Å². The zero-order valence-electron chi connectivity index (χ0n) is 16.3. The number of carboxylic acids is 1. The maximum atomic E-state index is 12.9. The fourth-order valence-electron chi connectivity index (χ4n) is 3.58. The minimum atomic E-state index is -3.98. The van der Waals surface area contributed by atoms with Crippen LogP contribution in [-0.4, -0.2) is 76.8 Å². The van der Waals surface area contributed by atoms with Gasteiger partial charge in [-0.3, -0.25) is 19.6 Å². The van der Waals surface area contributed by atoms with Gasteiger partial charge >= 0.3 is 5.97 Å². The number of nitrogens with zero attached hydrogens (tertiary/aromatic N) is 3. The molecule has 2 saturated heterocycles. The van der Waals surface area contributed by atoms with Gasteiger partial charge in [0.2, 0.25) is 0 Å². The van der Waals surface area contributed by atoms with Crippen LogP contribution in [0.4, 0.5) is 0 Å². The van der Waals surface area contributed by atoms with E-state index in [4.69, 9.17) is 5.73 Å². The molecule has 160 valence electrons. The molecule has 0 radical (unpaired) electrons. The van der Waals surface area contributed by atoms with Gasteiger partial charge in [0.25, 0.3) is 11.8 Å². The third-order valence-electron chi connectivity index (χ3n) is 5.18. The van der Waals surface area contributed by atoms with E-state index >= 15 is 0 Å². The smallest absolute Gasteiger partial charge is 0.328 e. The predicted octanol–water partition coefficient (Wildman–Crippen LogP) is -0.990. The van der Waals surface area contributed by atoms with Crippen LogP contribution in [0, 0.1) is 0 Å². The third kappa shape index (κ3) is 3.22. The molecule has 1 aromatic heterocycles. The number of amides is 2. The molecule has 0 unspecified atom stereocenters. The van der Waals surface area contributed by atoms with Gasteiger partial charge in [-0.05, 0) is 32.1 Å². The Morgan fingerprint density at radius 1 is 1.43 bits per heavy atom. The van der Waals surface area contributed by atoms with Gasteiger partial charge in [-0.1, -0.05) is 0 Å². The molecular weight excluding hydrogens is 414 g/mol. The van der Waals surface area contributed by atoms with Crippen LogP contribution < -0.4 is 11.1 Å². The molecule has 2 fully saturated rings. The van der Waals surface area contributed by atoms with Crippen molar-refractivity contribution in [3.63, 3.8) is 0 Å². The van der Waals surface area contributed by atoms with Crippen LogP contribution >= 0.6 is 0 Å². The second-order valence-electron chi connectivity index (χ2n) is 7.33. The minimum absolute atomic E-state index is 0.0748. The summed E-state index contributed by atoms with van der Waals surface area (Å²) in [5.74, 6) is -2.46. The Labute approximate surface area is 172 Å². The lowest BCUT2D eigenvalue weighted by Crippen LogP contribution is -2.58. The molecule has 3 rings (SSSR count). The number of fused-ring (bicyclic) bond motifs is 1. The molecule has 11 nitrogen and oxygen atoms in total. The Morgan fingerprint density at radius 2 is 2.13 bits per heavy atom. The van der Waals surface area contributed by atoms with Gasteiger partial charge < -0.3 is 21.1 Å². The summed E-state index contributed by atoms with van der Waals surface area (Å²) in [5, 5.41) is 10.7. The van der Waals surface area contributed by atoms with Gasteiger partial charge in [0.15, 0.2) is 21.3 Å². The van der Waals surface area contributed by atoms with Crippen LogP contribution in [-0.2, 0) is 19.4 Å². The van der Waals surface area contributed by atoms with Crippen LogP contribution in [0.1, 0.15) is 29.9 Å². The zero-order chi connectivity index (χ0) is 22.3. The second-order valence-corrected chi connectivity index (χ2v) is 9.92. The average Bonchev–Trinajstić information content (AvgIpc) is 2.83. The molecule has 30 heavy (non-hydrogen) atoms. The zero-order valence-corrected chi connectivity index (χ0v) is 17.1. The maximum absolute atomic E-state index is 12.9. The number of pyridine rings is 1. The predicted molar refractivity (Wildman–Crippen MR) is 107 cm³/mol. The van der Waals surface area contributed by atoms with E-state index in [9.17, 15) is 27.9 Å². The van der Waals surface area contributed by atoms with E-state index in [-0.39, 0.29) is 23.4 Å². The van der Waals surface area contributed by atoms with Crippen molar-refractivity contribution in [2.45, 2.75) is 30.0 Å². The SMILES string of the molecule is CC1(C)[C@H](C(=O)O)N2C(=O)/C(=C/c3cc(C(=O)NCCN=CN)ccn3)[C@H]2S1(=O)=O. The van der Waals surface area contributed by atoms with Gasteiger partial charge in [-0.2, -0.15) is 0 Å². The summed E-state index contributed by atoms with van der Waals surface area (Å²) >= 11 is 0. The van der Waals surface area contributed by atoms with Crippen molar-refractivity contribution >= 4 is 40.0 Å². The molecule has 1 aromatic rings. The number of hydrogen-bond donors (Lipinski definition) is 3. The number of β-lactam (4-membered cyclic amide) rings is 1. The summed E-state index contributed by atoms with van der Waals surface area (Å²) < 4.78 is 24.1. The molecule has 2 amide bonds. The number of aliphatic carboxylic acids is 1. The monoisotopic (exact) mass is 435 g/mol. The van der Waals surface area contributed by atoms with Crippen molar-refractivity contribution in [2.75, 3.05) is 13.1 Å². The number of nitrogens with two attached hydrogens (primary N) is 1. The Morgan fingerprint density at radius 3 is 2.77 bits per heavy atom. The molecule has 0 aromatic carbocycles. The highest BCUT2D eigenvalue weighted by Gasteiger charge is 2.70. The Balaban J connectivity index is 1.88. The van der Waals surface area contributed by atoms with E-state index in [2.05, 4.69) is 15.3 Å². The van der Waals surface area contributed by atoms with E-state index in [1.54, 1.807) is 0 Å². The Bertz CT molecular complexity index is 1080. The summed E-state index contributed by atoms with van der Waals surface area (Å²) in [6, 6.07) is 1.40. The molecule has 2 aliphatic rings. The molecular formula is C18H21N5O6S. The normalized spacial score (nSPS) is 25.2. The van der Waals surface area contributed by atoms with E-state index in [1.807, 2.05) is 0 Å². The minimum Gasteiger partial charge on any atom is -0.480 e. The number of hydrogen-bond acceptors (Lipinski definition) is 7. The summed E-state index contributed by atoms with van der Waals surface area (Å²) in [7, 11) is -3.98. The maximum Gasteiger partial charge on any atom is 0.328 e. The third-order valence-corrected chi connectivity index (χ3v) is 7.94. The number of aromatic nitrogens is 1. The standard InChI is InChI=1S/C18H21N5O6S/c1-18(2)13(17(26)27)23-15(25)12(16(23)30(18,28)29)8-11-7-10(3-4-21-11)14(24)22-6-5-20-9-19/h3-4,7-9,13,16H,5-6H2,1-2H3,(H2,19,20)(H,22,24)(H,26,27)/b12-8-/t13-,16+/m0/s1. The highest BCUT2D eigenvalue weighted by molar-refractivity contribution is 7.94. The van der Waals surface area contributed by atoms with Crippen molar-refractivity contribution in [2.24, 2.45) is 10.7 Å². The lowest BCUT2D eigenvalue weighted by molar-refractivity contribution is -0.152. The summed E-state index contributed by atoms with van der Waals surface area (Å²) in [4.78, 5) is 45.1. The fraction of sp³-hybridized carbons (Fsp3) is 0.389. The largest absolute Gasteiger partial charge is 0.480 e. The van der Waals surface area contributed by atoms with Gasteiger partial charge in [0.1, 0.15) is 4.75 Å². The van der Waals surface area contributed by atoms with Crippen molar-refractivity contribution in [3.05, 3.63) is 35.2 Å².